The van der Waals surface area contributed by atoms with Crippen molar-refractivity contribution in [1.29, 1.82) is 0 Å². The van der Waals surface area contributed by atoms with Crippen LogP contribution in [0, 0.1) is 10.1 Å². The topological polar surface area (TPSA) is 145 Å². The Balaban J connectivity index is 2.93. The van der Waals surface area contributed by atoms with Gasteiger partial charge in [0.05, 0.1) is 5.54 Å². The van der Waals surface area contributed by atoms with Gasteiger partial charge in [-0.15, -0.1) is 0 Å². The van der Waals surface area contributed by atoms with Crippen molar-refractivity contribution in [1.82, 2.24) is 20.3 Å². The van der Waals surface area contributed by atoms with E-state index < -0.39 is 27.9 Å². The van der Waals surface area contributed by atoms with E-state index in [1.165, 1.54) is 37.7 Å². The van der Waals surface area contributed by atoms with Gasteiger partial charge in [-0.3, -0.25) is 19.2 Å². The molecule has 150 valence electrons. The molecule has 1 atom stereocenters. The van der Waals surface area contributed by atoms with E-state index in [4.69, 9.17) is 4.84 Å². The first-order valence-corrected chi connectivity index (χ1v) is 8.24. The van der Waals surface area contributed by atoms with E-state index in [2.05, 4.69) is 15.8 Å². The number of aromatic nitrogens is 2. The lowest BCUT2D eigenvalue weighted by Gasteiger charge is -2.29. The van der Waals surface area contributed by atoms with Crippen LogP contribution in [0.5, 0.6) is 0 Å². The first-order chi connectivity index (χ1) is 12.4. The summed E-state index contributed by atoms with van der Waals surface area (Å²) in [5.41, 5.74) is 0.410. The maximum atomic E-state index is 11.7. The molecule has 0 aliphatic rings. The highest BCUT2D eigenvalue weighted by Gasteiger charge is 2.31. The molecule has 11 heteroatoms. The summed E-state index contributed by atoms with van der Waals surface area (Å²) in [7, 11) is 0. The van der Waals surface area contributed by atoms with Gasteiger partial charge in [-0.1, -0.05) is 4.98 Å². The van der Waals surface area contributed by atoms with Crippen LogP contribution in [0.4, 0.5) is 5.95 Å². The summed E-state index contributed by atoms with van der Waals surface area (Å²) in [5, 5.41) is 14.1. The number of Topliss-reactive ketones (excluding diaryl/α,β-unsaturated/α-hetero) is 2. The SMILES string of the molecule is CC(=O)C(C)(C)NC[C@H](Cn1ccnc1[N+](=O)[O-])ONC(C)(C)C(=O)C=O. The minimum Gasteiger partial charge on any atom is -0.390 e. The van der Waals surface area contributed by atoms with Gasteiger partial charge in [-0.25, -0.2) is 4.57 Å². The number of rotatable bonds is 12. The largest absolute Gasteiger partial charge is 0.434 e. The van der Waals surface area contributed by atoms with Crippen LogP contribution in [0.2, 0.25) is 0 Å². The number of imidazole rings is 1. The summed E-state index contributed by atoms with van der Waals surface area (Å²) in [6.07, 6.45) is 2.18. The van der Waals surface area contributed by atoms with E-state index in [1.807, 2.05) is 0 Å². The molecular weight excluding hydrogens is 358 g/mol. The number of nitro groups is 1. The molecule has 0 aromatic carbocycles. The zero-order valence-electron chi connectivity index (χ0n) is 16.0. The Hall–Kier alpha value is -2.50. The predicted octanol–water partition coefficient (Wildman–Crippen LogP) is 0.185. The van der Waals surface area contributed by atoms with Crippen LogP contribution < -0.4 is 10.8 Å². The molecule has 27 heavy (non-hydrogen) atoms. The molecule has 1 rings (SSSR count). The minimum atomic E-state index is -1.28. The van der Waals surface area contributed by atoms with Gasteiger partial charge in [0.25, 0.3) is 0 Å². The summed E-state index contributed by atoms with van der Waals surface area (Å²) < 4.78 is 1.28. The van der Waals surface area contributed by atoms with Gasteiger partial charge in [-0.05, 0) is 39.5 Å². The van der Waals surface area contributed by atoms with Gasteiger partial charge in [-0.2, -0.15) is 5.48 Å². The number of ketones is 2. The van der Waals surface area contributed by atoms with Crippen molar-refractivity contribution in [2.45, 2.75) is 58.3 Å². The van der Waals surface area contributed by atoms with E-state index >= 15 is 0 Å². The second-order valence-electron chi connectivity index (χ2n) is 7.15. The fraction of sp³-hybridized carbons (Fsp3) is 0.625. The molecule has 0 aliphatic heterocycles. The van der Waals surface area contributed by atoms with E-state index in [0.717, 1.165) is 0 Å². The van der Waals surface area contributed by atoms with Crippen LogP contribution in [0.15, 0.2) is 12.4 Å². The maximum Gasteiger partial charge on any atom is 0.434 e. The van der Waals surface area contributed by atoms with Gasteiger partial charge in [0, 0.05) is 6.54 Å². The van der Waals surface area contributed by atoms with E-state index in [9.17, 15) is 24.5 Å². The van der Waals surface area contributed by atoms with Crippen molar-refractivity contribution in [3.05, 3.63) is 22.5 Å². The Morgan fingerprint density at radius 2 is 2.00 bits per heavy atom. The lowest BCUT2D eigenvalue weighted by atomic mass is 10.0. The Bertz CT molecular complexity index is 712. The van der Waals surface area contributed by atoms with Crippen molar-refractivity contribution < 1.29 is 24.1 Å². The second-order valence-corrected chi connectivity index (χ2v) is 7.15. The first-order valence-electron chi connectivity index (χ1n) is 8.24. The van der Waals surface area contributed by atoms with Crippen molar-refractivity contribution in [3.63, 3.8) is 0 Å². The van der Waals surface area contributed by atoms with Crippen molar-refractivity contribution in [2.75, 3.05) is 6.54 Å². The number of hydroxylamine groups is 1. The number of nitrogens with one attached hydrogen (secondary N) is 2. The van der Waals surface area contributed by atoms with Crippen molar-refractivity contribution in [2.24, 2.45) is 0 Å². The van der Waals surface area contributed by atoms with Crippen molar-refractivity contribution >= 4 is 23.8 Å². The lowest BCUT2D eigenvalue weighted by Crippen LogP contribution is -2.53. The van der Waals surface area contributed by atoms with Crippen LogP contribution in [0.3, 0.4) is 0 Å². The number of hydrogen-bond acceptors (Lipinski definition) is 9. The molecule has 0 spiro atoms. The van der Waals surface area contributed by atoms with Crippen LogP contribution >= 0.6 is 0 Å². The number of nitrogens with zero attached hydrogens (tertiary/aromatic N) is 3. The van der Waals surface area contributed by atoms with Gasteiger partial charge in [0.15, 0.2) is 6.29 Å². The van der Waals surface area contributed by atoms with Crippen LogP contribution in [0.25, 0.3) is 0 Å². The fourth-order valence-electron chi connectivity index (χ4n) is 1.90. The standard InChI is InChI=1S/C16H25N5O6/c1-11(23)15(2,3)18-8-12(27-19-16(4,5)13(24)10-22)9-20-7-6-17-14(20)21(25)26/h6-7,10,12,18-19H,8-9H2,1-5H3/t12-/m1/s1. The molecule has 1 aromatic rings. The normalized spacial score (nSPS) is 13.2. The summed E-state index contributed by atoms with van der Waals surface area (Å²) in [6, 6.07) is 0. The Morgan fingerprint density at radius 3 is 2.52 bits per heavy atom. The monoisotopic (exact) mass is 383 g/mol. The van der Waals surface area contributed by atoms with Crippen LogP contribution in [0.1, 0.15) is 34.6 Å². The van der Waals surface area contributed by atoms with E-state index in [-0.39, 0.29) is 31.1 Å². The molecule has 2 N–H and O–H groups in total. The van der Waals surface area contributed by atoms with E-state index in [0.29, 0.717) is 0 Å². The van der Waals surface area contributed by atoms with Crippen LogP contribution in [-0.2, 0) is 25.8 Å². The molecule has 0 unspecified atom stereocenters. The quantitative estimate of drug-likeness (QED) is 0.223. The lowest BCUT2D eigenvalue weighted by molar-refractivity contribution is -0.397. The molecule has 0 amide bonds. The maximum absolute atomic E-state index is 11.7. The summed E-state index contributed by atoms with van der Waals surface area (Å²) >= 11 is 0. The molecule has 0 saturated heterocycles. The highest BCUT2D eigenvalue weighted by Crippen LogP contribution is 2.12. The highest BCUT2D eigenvalue weighted by atomic mass is 16.7. The third kappa shape index (κ3) is 6.31. The number of aldehydes is 1. The molecule has 0 saturated carbocycles. The first kappa shape index (κ1) is 22.5. The summed E-state index contributed by atoms with van der Waals surface area (Å²) in [6.45, 7) is 7.92. The molecular formula is C16H25N5O6. The zero-order chi connectivity index (χ0) is 20.8. The number of carbonyl (C=O) groups is 3. The molecule has 0 radical (unpaired) electrons. The van der Waals surface area contributed by atoms with E-state index in [1.54, 1.807) is 13.8 Å². The molecule has 1 heterocycles. The number of carbonyl (C=O) groups excluding carboxylic acids is 3. The predicted molar refractivity (Wildman–Crippen MR) is 94.8 cm³/mol. The highest BCUT2D eigenvalue weighted by molar-refractivity contribution is 6.28. The fourth-order valence-corrected chi connectivity index (χ4v) is 1.90. The second kappa shape index (κ2) is 8.93. The van der Waals surface area contributed by atoms with Gasteiger partial charge in [0.2, 0.25) is 5.78 Å². The third-order valence-corrected chi connectivity index (χ3v) is 4.11. The zero-order valence-corrected chi connectivity index (χ0v) is 16.0. The molecule has 0 bridgehead atoms. The molecule has 0 aliphatic carbocycles. The van der Waals surface area contributed by atoms with Gasteiger partial charge >= 0.3 is 5.95 Å². The van der Waals surface area contributed by atoms with Crippen LogP contribution in [-0.4, -0.2) is 56.1 Å². The average Bonchev–Trinajstić information content (AvgIpc) is 3.04. The Kier molecular flexibility index (Phi) is 7.46. The smallest absolute Gasteiger partial charge is 0.390 e. The average molecular weight is 383 g/mol. The van der Waals surface area contributed by atoms with Crippen molar-refractivity contribution in [3.8, 4) is 0 Å². The Morgan fingerprint density at radius 1 is 1.37 bits per heavy atom. The summed E-state index contributed by atoms with van der Waals surface area (Å²) in [4.78, 5) is 53.7. The molecule has 1 aromatic heterocycles. The van der Waals surface area contributed by atoms with Gasteiger partial charge in [0.1, 0.15) is 36.4 Å². The molecule has 11 nitrogen and oxygen atoms in total. The van der Waals surface area contributed by atoms with Gasteiger partial charge < -0.3 is 15.4 Å². The third-order valence-electron chi connectivity index (χ3n) is 4.11. The minimum absolute atomic E-state index is 0.0235. The Labute approximate surface area is 156 Å². The molecule has 0 fully saturated rings. The number of hydrogen-bond donors (Lipinski definition) is 2. The summed E-state index contributed by atoms with van der Waals surface area (Å²) in [5.74, 6) is -1.18.